The van der Waals surface area contributed by atoms with Crippen LogP contribution in [-0.2, 0) is 4.79 Å². The highest BCUT2D eigenvalue weighted by Gasteiger charge is 2.20. The van der Waals surface area contributed by atoms with Crippen molar-refractivity contribution in [1.82, 2.24) is 0 Å². The standard InChI is InChI=1S/C12H11ClFNO4/c1-2-8(16)3-4-11(17)9-5-7(15(18)19)6-10(14)12(9)13/h5-6H,2-4H2,1H3. The average molecular weight is 288 g/mol. The molecule has 0 aliphatic rings. The van der Waals surface area contributed by atoms with Gasteiger partial charge in [-0.2, -0.15) is 0 Å². The number of benzene rings is 1. The van der Waals surface area contributed by atoms with E-state index in [1.54, 1.807) is 6.92 Å². The number of nitro benzene ring substituents is 1. The van der Waals surface area contributed by atoms with Gasteiger partial charge >= 0.3 is 0 Å². The molecule has 1 rings (SSSR count). The molecule has 0 aliphatic carbocycles. The maximum atomic E-state index is 13.4. The first-order chi connectivity index (χ1) is 8.86. The third-order valence-electron chi connectivity index (χ3n) is 2.55. The average Bonchev–Trinajstić information content (AvgIpc) is 2.38. The number of hydrogen-bond acceptors (Lipinski definition) is 4. The van der Waals surface area contributed by atoms with Gasteiger partial charge in [0.05, 0.1) is 16.0 Å². The summed E-state index contributed by atoms with van der Waals surface area (Å²) in [5, 5.41) is 10.1. The van der Waals surface area contributed by atoms with Crippen LogP contribution in [0.4, 0.5) is 10.1 Å². The van der Waals surface area contributed by atoms with Gasteiger partial charge in [0, 0.05) is 30.9 Å². The van der Waals surface area contributed by atoms with Gasteiger partial charge in [0.15, 0.2) is 5.78 Å². The van der Waals surface area contributed by atoms with Gasteiger partial charge < -0.3 is 0 Å². The second-order valence-corrected chi connectivity index (χ2v) is 4.24. The lowest BCUT2D eigenvalue weighted by atomic mass is 10.0. The predicted molar refractivity (Wildman–Crippen MR) is 66.9 cm³/mol. The Morgan fingerprint density at radius 1 is 1.37 bits per heavy atom. The van der Waals surface area contributed by atoms with Crippen molar-refractivity contribution in [3.05, 3.63) is 38.7 Å². The molecule has 7 heteroatoms. The number of nitrogens with zero attached hydrogens (tertiary/aromatic N) is 1. The molecule has 0 radical (unpaired) electrons. The van der Waals surface area contributed by atoms with Crippen molar-refractivity contribution >= 4 is 28.9 Å². The first kappa shape index (κ1) is 15.2. The molecule has 5 nitrogen and oxygen atoms in total. The van der Waals surface area contributed by atoms with Crippen molar-refractivity contribution in [3.8, 4) is 0 Å². The van der Waals surface area contributed by atoms with Gasteiger partial charge in [-0.05, 0) is 0 Å². The summed E-state index contributed by atoms with van der Waals surface area (Å²) in [6.07, 6.45) is 0.160. The Hall–Kier alpha value is -1.82. The lowest BCUT2D eigenvalue weighted by Gasteiger charge is -2.04. The number of Topliss-reactive ketones (excluding diaryl/α,β-unsaturated/α-hetero) is 2. The fraction of sp³-hybridized carbons (Fsp3) is 0.333. The molecule has 102 valence electrons. The number of carbonyl (C=O) groups is 2. The highest BCUT2D eigenvalue weighted by Crippen LogP contribution is 2.27. The van der Waals surface area contributed by atoms with Crippen LogP contribution < -0.4 is 0 Å². The molecule has 1 aromatic rings. The van der Waals surface area contributed by atoms with Crippen LogP contribution in [-0.4, -0.2) is 16.5 Å². The molecule has 0 saturated carbocycles. The minimum Gasteiger partial charge on any atom is -0.300 e. The number of carbonyl (C=O) groups excluding carboxylic acids is 2. The van der Waals surface area contributed by atoms with Gasteiger partial charge in [0.25, 0.3) is 5.69 Å². The molecule has 0 aliphatic heterocycles. The zero-order valence-electron chi connectivity index (χ0n) is 10.1. The molecule has 0 spiro atoms. The first-order valence-electron chi connectivity index (χ1n) is 5.55. The largest absolute Gasteiger partial charge is 0.300 e. The van der Waals surface area contributed by atoms with Crippen LogP contribution in [0.2, 0.25) is 5.02 Å². The molecule has 0 N–H and O–H groups in total. The molecule has 0 amide bonds. The van der Waals surface area contributed by atoms with Crippen molar-refractivity contribution in [3.63, 3.8) is 0 Å². The number of halogens is 2. The third kappa shape index (κ3) is 3.82. The SMILES string of the molecule is CCC(=O)CCC(=O)c1cc([N+](=O)[O-])cc(F)c1Cl. The molecular formula is C12H11ClFNO4. The summed E-state index contributed by atoms with van der Waals surface area (Å²) in [5.74, 6) is -1.73. The Bertz CT molecular complexity index is 545. The van der Waals surface area contributed by atoms with E-state index < -0.39 is 27.2 Å². The van der Waals surface area contributed by atoms with E-state index in [2.05, 4.69) is 0 Å². The lowest BCUT2D eigenvalue weighted by Crippen LogP contribution is -2.06. The third-order valence-corrected chi connectivity index (χ3v) is 2.93. The zero-order chi connectivity index (χ0) is 14.6. The molecule has 19 heavy (non-hydrogen) atoms. The minimum atomic E-state index is -1.03. The van der Waals surface area contributed by atoms with E-state index in [0.29, 0.717) is 12.5 Å². The molecule has 1 aromatic carbocycles. The van der Waals surface area contributed by atoms with Crippen LogP contribution in [0.5, 0.6) is 0 Å². The summed E-state index contributed by atoms with van der Waals surface area (Å²) < 4.78 is 13.4. The Morgan fingerprint density at radius 2 is 2.00 bits per heavy atom. The fourth-order valence-corrected chi connectivity index (χ4v) is 1.66. The molecule has 0 aromatic heterocycles. The van der Waals surface area contributed by atoms with Crippen LogP contribution >= 0.6 is 11.6 Å². The van der Waals surface area contributed by atoms with Crippen LogP contribution in [0.1, 0.15) is 36.5 Å². The van der Waals surface area contributed by atoms with E-state index in [-0.39, 0.29) is 24.2 Å². The van der Waals surface area contributed by atoms with Crippen molar-refractivity contribution in [2.75, 3.05) is 0 Å². The molecule has 0 heterocycles. The summed E-state index contributed by atoms with van der Waals surface area (Å²) in [5.41, 5.74) is -0.815. The summed E-state index contributed by atoms with van der Waals surface area (Å²) in [7, 11) is 0. The number of rotatable bonds is 6. The monoisotopic (exact) mass is 287 g/mol. The molecule has 0 unspecified atom stereocenters. The Kier molecular flexibility index (Phi) is 5.11. The summed E-state index contributed by atoms with van der Waals surface area (Å²) >= 11 is 5.61. The maximum absolute atomic E-state index is 13.4. The van der Waals surface area contributed by atoms with Gasteiger partial charge in [0.2, 0.25) is 0 Å². The lowest BCUT2D eigenvalue weighted by molar-refractivity contribution is -0.385. The summed E-state index contributed by atoms with van der Waals surface area (Å²) in [6.45, 7) is 1.66. The summed E-state index contributed by atoms with van der Waals surface area (Å²) in [4.78, 5) is 32.7. The first-order valence-corrected chi connectivity index (χ1v) is 5.93. The normalized spacial score (nSPS) is 10.3. The molecule has 0 bridgehead atoms. The topological polar surface area (TPSA) is 77.3 Å². The van der Waals surface area contributed by atoms with Crippen molar-refractivity contribution < 1.29 is 18.9 Å². The highest BCUT2D eigenvalue weighted by atomic mass is 35.5. The van der Waals surface area contributed by atoms with E-state index in [1.807, 2.05) is 0 Å². The quantitative estimate of drug-likeness (QED) is 0.457. The van der Waals surface area contributed by atoms with Gasteiger partial charge in [-0.3, -0.25) is 19.7 Å². The molecule has 0 atom stereocenters. The van der Waals surface area contributed by atoms with Crippen molar-refractivity contribution in [1.29, 1.82) is 0 Å². The predicted octanol–water partition coefficient (Wildman–Crippen LogP) is 3.33. The van der Waals surface area contributed by atoms with Gasteiger partial charge in [0.1, 0.15) is 11.6 Å². The number of non-ortho nitro benzene ring substituents is 1. The minimum absolute atomic E-state index is 0.00989. The Labute approximate surface area is 113 Å². The van der Waals surface area contributed by atoms with Gasteiger partial charge in [-0.25, -0.2) is 4.39 Å². The smallest absolute Gasteiger partial charge is 0.273 e. The zero-order valence-corrected chi connectivity index (χ0v) is 10.9. The van der Waals surface area contributed by atoms with E-state index >= 15 is 0 Å². The highest BCUT2D eigenvalue weighted by molar-refractivity contribution is 6.34. The van der Waals surface area contributed by atoms with E-state index in [1.165, 1.54) is 0 Å². The number of ketones is 2. The molecular weight excluding hydrogens is 277 g/mol. The van der Waals surface area contributed by atoms with Crippen LogP contribution in [0.15, 0.2) is 12.1 Å². The van der Waals surface area contributed by atoms with Crippen LogP contribution in [0.3, 0.4) is 0 Å². The van der Waals surface area contributed by atoms with Gasteiger partial charge in [-0.1, -0.05) is 18.5 Å². The van der Waals surface area contributed by atoms with Crippen molar-refractivity contribution in [2.45, 2.75) is 26.2 Å². The Morgan fingerprint density at radius 3 is 2.53 bits per heavy atom. The number of hydrogen-bond donors (Lipinski definition) is 0. The van der Waals surface area contributed by atoms with E-state index in [0.717, 1.165) is 6.07 Å². The second-order valence-electron chi connectivity index (χ2n) is 3.86. The fourth-order valence-electron chi connectivity index (χ4n) is 1.45. The van der Waals surface area contributed by atoms with E-state index in [4.69, 9.17) is 11.6 Å². The molecule has 0 saturated heterocycles. The molecule has 0 fully saturated rings. The van der Waals surface area contributed by atoms with Gasteiger partial charge in [-0.15, -0.1) is 0 Å². The van der Waals surface area contributed by atoms with Crippen LogP contribution in [0, 0.1) is 15.9 Å². The van der Waals surface area contributed by atoms with E-state index in [9.17, 15) is 24.1 Å². The van der Waals surface area contributed by atoms with Crippen molar-refractivity contribution in [2.24, 2.45) is 0 Å². The summed E-state index contributed by atoms with van der Waals surface area (Å²) in [6, 6.07) is 1.57. The maximum Gasteiger partial charge on any atom is 0.273 e. The number of nitro groups is 1. The van der Waals surface area contributed by atoms with Crippen LogP contribution in [0.25, 0.3) is 0 Å². The Balaban J connectivity index is 3.02. The second kappa shape index (κ2) is 6.38.